The van der Waals surface area contributed by atoms with Crippen molar-refractivity contribution < 1.29 is 0 Å². The lowest BCUT2D eigenvalue weighted by molar-refractivity contribution is 0.437. The van der Waals surface area contributed by atoms with E-state index in [1.54, 1.807) is 0 Å². The van der Waals surface area contributed by atoms with Gasteiger partial charge in [0.15, 0.2) is 0 Å². The van der Waals surface area contributed by atoms with Crippen molar-refractivity contribution in [1.29, 1.82) is 0 Å². The number of anilines is 2. The standard InChI is InChI=1S/C33H36N2/c1-6-35(30-21-20-27-16-10-11-17-28(27)25(30)3)24(2)22-32-33(4,23-26-14-8-7-9-15-26)29-18-12-13-19-31(29)34(32)5/h7-22,32H,6,23H2,1-5H3/b24-22+. The molecule has 0 saturated heterocycles. The highest BCUT2D eigenvalue weighted by molar-refractivity contribution is 5.90. The van der Waals surface area contributed by atoms with Gasteiger partial charge < -0.3 is 9.80 Å². The van der Waals surface area contributed by atoms with Crippen LogP contribution in [0.1, 0.15) is 37.5 Å². The zero-order chi connectivity index (χ0) is 24.6. The van der Waals surface area contributed by atoms with Crippen LogP contribution in [0.4, 0.5) is 11.4 Å². The van der Waals surface area contributed by atoms with Crippen LogP contribution in [0.15, 0.2) is 103 Å². The number of benzene rings is 4. The van der Waals surface area contributed by atoms with Crippen molar-refractivity contribution in [2.75, 3.05) is 23.4 Å². The highest BCUT2D eigenvalue weighted by atomic mass is 15.2. The maximum atomic E-state index is 2.50. The summed E-state index contributed by atoms with van der Waals surface area (Å²) in [7, 11) is 2.25. The van der Waals surface area contributed by atoms with Gasteiger partial charge in [-0.15, -0.1) is 0 Å². The average molecular weight is 461 g/mol. The van der Waals surface area contributed by atoms with Crippen LogP contribution in [0.2, 0.25) is 0 Å². The molecule has 0 bridgehead atoms. The second-order valence-electron chi connectivity index (χ2n) is 10.1. The molecule has 0 saturated carbocycles. The molecule has 0 amide bonds. The van der Waals surface area contributed by atoms with Crippen molar-refractivity contribution in [3.05, 3.63) is 119 Å². The predicted octanol–water partition coefficient (Wildman–Crippen LogP) is 7.90. The molecule has 2 nitrogen and oxygen atoms in total. The summed E-state index contributed by atoms with van der Waals surface area (Å²) in [5, 5.41) is 2.63. The molecule has 0 aromatic heterocycles. The van der Waals surface area contributed by atoms with Gasteiger partial charge in [0.25, 0.3) is 0 Å². The Morgan fingerprint density at radius 3 is 2.37 bits per heavy atom. The number of likely N-dealkylation sites (N-methyl/N-ethyl adjacent to an activating group) is 1. The number of rotatable bonds is 6. The van der Waals surface area contributed by atoms with E-state index in [0.717, 1.165) is 13.0 Å². The van der Waals surface area contributed by atoms with Gasteiger partial charge in [-0.3, -0.25) is 0 Å². The molecule has 4 aromatic carbocycles. The molecule has 1 aliphatic heterocycles. The Morgan fingerprint density at radius 2 is 1.60 bits per heavy atom. The first kappa shape index (κ1) is 23.2. The summed E-state index contributed by atoms with van der Waals surface area (Å²) < 4.78 is 0. The van der Waals surface area contributed by atoms with E-state index in [9.17, 15) is 0 Å². The number of fused-ring (bicyclic) bond motifs is 2. The van der Waals surface area contributed by atoms with E-state index in [1.165, 1.54) is 44.5 Å². The fraction of sp³-hybridized carbons (Fsp3) is 0.273. The van der Waals surface area contributed by atoms with Crippen molar-refractivity contribution >= 4 is 22.1 Å². The zero-order valence-electron chi connectivity index (χ0n) is 21.6. The van der Waals surface area contributed by atoms with Crippen molar-refractivity contribution in [3.8, 4) is 0 Å². The second kappa shape index (κ2) is 9.26. The molecule has 0 fully saturated rings. The van der Waals surface area contributed by atoms with Crippen molar-refractivity contribution in [2.24, 2.45) is 0 Å². The normalized spacial score (nSPS) is 19.7. The minimum atomic E-state index is -0.0220. The van der Waals surface area contributed by atoms with E-state index in [1.807, 2.05) is 0 Å². The Hall–Kier alpha value is -3.52. The van der Waals surface area contributed by atoms with Gasteiger partial charge in [0.2, 0.25) is 0 Å². The Bertz CT molecular complexity index is 1370. The summed E-state index contributed by atoms with van der Waals surface area (Å²) in [5.41, 5.74) is 8.07. The van der Waals surface area contributed by atoms with E-state index < -0.39 is 0 Å². The summed E-state index contributed by atoms with van der Waals surface area (Å²) in [4.78, 5) is 4.95. The SMILES string of the molecule is CCN(/C(C)=C/C1N(C)c2ccccc2C1(C)Cc1ccccc1)c1ccc2ccccc2c1C. The van der Waals surface area contributed by atoms with Gasteiger partial charge >= 0.3 is 0 Å². The first-order valence-corrected chi connectivity index (χ1v) is 12.7. The Labute approximate surface area is 210 Å². The number of hydrogen-bond acceptors (Lipinski definition) is 2. The molecule has 0 radical (unpaired) electrons. The van der Waals surface area contributed by atoms with Crippen molar-refractivity contribution in [1.82, 2.24) is 0 Å². The highest BCUT2D eigenvalue weighted by Crippen LogP contribution is 2.47. The van der Waals surface area contributed by atoms with Crippen LogP contribution in [0, 0.1) is 6.92 Å². The molecule has 0 N–H and O–H groups in total. The quantitative estimate of drug-likeness (QED) is 0.288. The van der Waals surface area contributed by atoms with E-state index in [0.29, 0.717) is 0 Å². The fourth-order valence-corrected chi connectivity index (χ4v) is 6.15. The van der Waals surface area contributed by atoms with Crippen LogP contribution in [-0.4, -0.2) is 19.6 Å². The van der Waals surface area contributed by atoms with Gasteiger partial charge in [0.05, 0.1) is 6.04 Å². The highest BCUT2D eigenvalue weighted by Gasteiger charge is 2.45. The van der Waals surface area contributed by atoms with Gasteiger partial charge in [-0.25, -0.2) is 0 Å². The molecule has 35 heavy (non-hydrogen) atoms. The molecule has 0 spiro atoms. The zero-order valence-corrected chi connectivity index (χ0v) is 21.6. The predicted molar refractivity (Wildman–Crippen MR) is 152 cm³/mol. The monoisotopic (exact) mass is 460 g/mol. The lowest BCUT2D eigenvalue weighted by Crippen LogP contribution is -2.42. The van der Waals surface area contributed by atoms with Gasteiger partial charge in [0, 0.05) is 36.1 Å². The number of allylic oxidation sites excluding steroid dienone is 1. The van der Waals surface area contributed by atoms with Crippen LogP contribution in [0.3, 0.4) is 0 Å². The molecule has 178 valence electrons. The van der Waals surface area contributed by atoms with Crippen molar-refractivity contribution in [2.45, 2.75) is 45.6 Å². The summed E-state index contributed by atoms with van der Waals surface area (Å²) in [6, 6.07) is 33.4. The van der Waals surface area contributed by atoms with Gasteiger partial charge in [-0.05, 0) is 72.9 Å². The number of aryl methyl sites for hydroxylation is 1. The summed E-state index contributed by atoms with van der Waals surface area (Å²) in [5.74, 6) is 0. The van der Waals surface area contributed by atoms with Crippen LogP contribution < -0.4 is 9.80 Å². The first-order valence-electron chi connectivity index (χ1n) is 12.7. The van der Waals surface area contributed by atoms with Crippen LogP contribution in [0.5, 0.6) is 0 Å². The number of hydrogen-bond donors (Lipinski definition) is 0. The van der Waals surface area contributed by atoms with E-state index >= 15 is 0 Å². The van der Waals surface area contributed by atoms with Gasteiger partial charge in [0.1, 0.15) is 0 Å². The maximum Gasteiger partial charge on any atom is 0.0587 e. The lowest BCUT2D eigenvalue weighted by atomic mass is 9.73. The Morgan fingerprint density at radius 1 is 0.914 bits per heavy atom. The minimum Gasteiger partial charge on any atom is -0.367 e. The van der Waals surface area contributed by atoms with Crippen LogP contribution in [0.25, 0.3) is 10.8 Å². The third-order valence-electron chi connectivity index (χ3n) is 7.99. The molecular formula is C33H36N2. The topological polar surface area (TPSA) is 6.48 Å². The van der Waals surface area contributed by atoms with Crippen LogP contribution in [-0.2, 0) is 11.8 Å². The summed E-state index contributed by atoms with van der Waals surface area (Å²) in [6.45, 7) is 10.2. The van der Waals surface area contributed by atoms with E-state index in [2.05, 4.69) is 142 Å². The van der Waals surface area contributed by atoms with E-state index in [4.69, 9.17) is 0 Å². The van der Waals surface area contributed by atoms with E-state index in [-0.39, 0.29) is 11.5 Å². The summed E-state index contributed by atoms with van der Waals surface area (Å²) in [6.07, 6.45) is 3.51. The summed E-state index contributed by atoms with van der Waals surface area (Å²) >= 11 is 0. The Kier molecular flexibility index (Phi) is 6.15. The van der Waals surface area contributed by atoms with Crippen LogP contribution >= 0.6 is 0 Å². The molecule has 2 unspecified atom stereocenters. The largest absolute Gasteiger partial charge is 0.367 e. The Balaban J connectivity index is 1.57. The smallest absolute Gasteiger partial charge is 0.0587 e. The van der Waals surface area contributed by atoms with Gasteiger partial charge in [-0.2, -0.15) is 0 Å². The lowest BCUT2D eigenvalue weighted by Gasteiger charge is -2.36. The molecular weight excluding hydrogens is 424 g/mol. The number of nitrogens with zero attached hydrogens (tertiary/aromatic N) is 2. The third-order valence-corrected chi connectivity index (χ3v) is 7.99. The maximum absolute atomic E-state index is 2.50. The minimum absolute atomic E-state index is 0.0220. The first-order chi connectivity index (χ1) is 16.9. The molecule has 2 heteroatoms. The fourth-order valence-electron chi connectivity index (χ4n) is 6.15. The van der Waals surface area contributed by atoms with Gasteiger partial charge in [-0.1, -0.05) is 85.8 Å². The second-order valence-corrected chi connectivity index (χ2v) is 10.1. The average Bonchev–Trinajstić information content (AvgIpc) is 3.08. The third kappa shape index (κ3) is 4.01. The molecule has 1 heterocycles. The molecule has 1 aliphatic rings. The van der Waals surface area contributed by atoms with Crippen molar-refractivity contribution in [3.63, 3.8) is 0 Å². The number of para-hydroxylation sites is 1. The molecule has 4 aromatic rings. The molecule has 2 atom stereocenters. The molecule has 0 aliphatic carbocycles. The molecule has 5 rings (SSSR count).